The number of imidazole rings is 1. The molecular formula is C23H22Cl3N3O. The number of halogens is 3. The minimum Gasteiger partial charge on any atom is -0.474 e. The van der Waals surface area contributed by atoms with Crippen molar-refractivity contribution in [2.24, 2.45) is 10.4 Å². The van der Waals surface area contributed by atoms with Crippen molar-refractivity contribution in [3.63, 3.8) is 0 Å². The van der Waals surface area contributed by atoms with E-state index in [0.29, 0.717) is 39.1 Å². The van der Waals surface area contributed by atoms with Gasteiger partial charge in [-0.15, -0.1) is 0 Å². The van der Waals surface area contributed by atoms with Crippen LogP contribution in [-0.4, -0.2) is 28.1 Å². The fourth-order valence-corrected chi connectivity index (χ4v) is 4.03. The SMILES string of the molecule is Cc1c(C2=NC(C(C)(C)C)CO2)nc(-c2ccc(Cl)cc2Cl)n1-c1ccc(Cl)cc1. The zero-order valence-corrected chi connectivity index (χ0v) is 19.5. The van der Waals surface area contributed by atoms with Crippen LogP contribution < -0.4 is 0 Å². The van der Waals surface area contributed by atoms with Crippen molar-refractivity contribution in [1.82, 2.24) is 9.55 Å². The molecule has 0 amide bonds. The van der Waals surface area contributed by atoms with Crippen LogP contribution >= 0.6 is 34.8 Å². The van der Waals surface area contributed by atoms with Gasteiger partial charge in [0.15, 0.2) is 0 Å². The largest absolute Gasteiger partial charge is 0.474 e. The summed E-state index contributed by atoms with van der Waals surface area (Å²) in [6, 6.07) is 13.1. The van der Waals surface area contributed by atoms with E-state index in [1.807, 2.05) is 41.8 Å². The van der Waals surface area contributed by atoms with Gasteiger partial charge in [-0.05, 0) is 54.8 Å². The number of benzene rings is 2. The first kappa shape index (κ1) is 21.2. The topological polar surface area (TPSA) is 39.4 Å². The summed E-state index contributed by atoms with van der Waals surface area (Å²) in [5.74, 6) is 1.25. The van der Waals surface area contributed by atoms with Gasteiger partial charge in [0, 0.05) is 21.3 Å². The summed E-state index contributed by atoms with van der Waals surface area (Å²) < 4.78 is 8.01. The Morgan fingerprint density at radius 1 is 1.00 bits per heavy atom. The fourth-order valence-electron chi connectivity index (χ4n) is 3.41. The average Bonchev–Trinajstić information content (AvgIpc) is 3.28. The third kappa shape index (κ3) is 3.96. The lowest BCUT2D eigenvalue weighted by molar-refractivity contribution is 0.235. The lowest BCUT2D eigenvalue weighted by Gasteiger charge is -2.21. The van der Waals surface area contributed by atoms with Gasteiger partial charge in [0.05, 0.1) is 16.8 Å². The lowest BCUT2D eigenvalue weighted by Crippen LogP contribution is -2.25. The number of rotatable bonds is 3. The van der Waals surface area contributed by atoms with E-state index in [9.17, 15) is 0 Å². The second kappa shape index (κ2) is 7.92. The average molecular weight is 463 g/mol. The van der Waals surface area contributed by atoms with Crippen molar-refractivity contribution in [3.05, 3.63) is 68.9 Å². The first-order chi connectivity index (χ1) is 14.1. The van der Waals surface area contributed by atoms with Gasteiger partial charge in [-0.2, -0.15) is 0 Å². The molecule has 7 heteroatoms. The molecule has 0 spiro atoms. The van der Waals surface area contributed by atoms with Crippen molar-refractivity contribution in [1.29, 1.82) is 0 Å². The Bertz CT molecular complexity index is 1130. The monoisotopic (exact) mass is 461 g/mol. The van der Waals surface area contributed by atoms with Crippen molar-refractivity contribution < 1.29 is 4.74 Å². The van der Waals surface area contributed by atoms with Gasteiger partial charge < -0.3 is 4.74 Å². The van der Waals surface area contributed by atoms with E-state index < -0.39 is 0 Å². The van der Waals surface area contributed by atoms with Gasteiger partial charge in [-0.25, -0.2) is 9.98 Å². The van der Waals surface area contributed by atoms with Gasteiger partial charge in [0.1, 0.15) is 18.1 Å². The molecule has 0 fully saturated rings. The molecule has 30 heavy (non-hydrogen) atoms. The highest BCUT2D eigenvalue weighted by atomic mass is 35.5. The van der Waals surface area contributed by atoms with Crippen LogP contribution in [0.5, 0.6) is 0 Å². The third-order valence-electron chi connectivity index (χ3n) is 5.22. The summed E-state index contributed by atoms with van der Waals surface area (Å²) in [4.78, 5) is 9.74. The second-order valence-corrected chi connectivity index (χ2v) is 9.71. The Morgan fingerprint density at radius 2 is 1.67 bits per heavy atom. The van der Waals surface area contributed by atoms with Crippen molar-refractivity contribution >= 4 is 40.7 Å². The fraction of sp³-hybridized carbons (Fsp3) is 0.304. The minimum atomic E-state index is 0.0106. The van der Waals surface area contributed by atoms with E-state index >= 15 is 0 Å². The smallest absolute Gasteiger partial charge is 0.237 e. The summed E-state index contributed by atoms with van der Waals surface area (Å²) in [6.45, 7) is 9.02. The van der Waals surface area contributed by atoms with E-state index in [4.69, 9.17) is 49.5 Å². The van der Waals surface area contributed by atoms with E-state index in [2.05, 4.69) is 20.8 Å². The molecule has 2 aromatic carbocycles. The third-order valence-corrected chi connectivity index (χ3v) is 6.02. The van der Waals surface area contributed by atoms with Crippen molar-refractivity contribution in [2.45, 2.75) is 33.7 Å². The summed E-state index contributed by atoms with van der Waals surface area (Å²) in [6.07, 6.45) is 0. The molecule has 1 unspecified atom stereocenters. The molecular weight excluding hydrogens is 441 g/mol. The molecule has 1 aromatic heterocycles. The number of hydrogen-bond donors (Lipinski definition) is 0. The molecule has 0 saturated heterocycles. The normalized spacial score (nSPS) is 16.5. The Labute approximate surface area is 191 Å². The summed E-state index contributed by atoms with van der Waals surface area (Å²) >= 11 is 18.8. The van der Waals surface area contributed by atoms with Gasteiger partial charge in [0.25, 0.3) is 0 Å². The Balaban J connectivity index is 1.91. The first-order valence-electron chi connectivity index (χ1n) is 9.67. The van der Waals surface area contributed by atoms with Crippen LogP contribution in [-0.2, 0) is 4.74 Å². The van der Waals surface area contributed by atoms with Crippen LogP contribution in [0.4, 0.5) is 0 Å². The van der Waals surface area contributed by atoms with E-state index in [0.717, 1.165) is 16.9 Å². The lowest BCUT2D eigenvalue weighted by atomic mass is 9.88. The van der Waals surface area contributed by atoms with Crippen LogP contribution in [0.1, 0.15) is 32.2 Å². The predicted molar refractivity (Wildman–Crippen MR) is 124 cm³/mol. The van der Waals surface area contributed by atoms with Gasteiger partial charge >= 0.3 is 0 Å². The zero-order chi connectivity index (χ0) is 21.6. The summed E-state index contributed by atoms with van der Waals surface area (Å²) in [5, 5.41) is 1.76. The zero-order valence-electron chi connectivity index (χ0n) is 17.2. The Kier molecular flexibility index (Phi) is 5.60. The van der Waals surface area contributed by atoms with Gasteiger partial charge in [-0.1, -0.05) is 55.6 Å². The summed E-state index contributed by atoms with van der Waals surface area (Å²) in [7, 11) is 0. The molecule has 1 aliphatic rings. The molecule has 0 radical (unpaired) electrons. The first-order valence-corrected chi connectivity index (χ1v) is 10.8. The maximum absolute atomic E-state index is 6.53. The molecule has 0 N–H and O–H groups in total. The van der Waals surface area contributed by atoms with E-state index in [1.165, 1.54) is 0 Å². The van der Waals surface area contributed by atoms with Crippen molar-refractivity contribution in [2.75, 3.05) is 6.61 Å². The minimum absolute atomic E-state index is 0.0106. The molecule has 0 bridgehead atoms. The number of ether oxygens (including phenoxy) is 1. The second-order valence-electron chi connectivity index (χ2n) is 8.43. The predicted octanol–water partition coefficient (Wildman–Crippen LogP) is 7.00. The molecule has 3 aromatic rings. The molecule has 4 rings (SSSR count). The molecule has 156 valence electrons. The molecule has 0 saturated carbocycles. The standard InChI is InChI=1S/C23H22Cl3N3O/c1-13-20(22-27-19(12-30-22)23(2,3)4)28-21(17-10-7-15(25)11-18(17)26)29(13)16-8-5-14(24)6-9-16/h5-11,19H,12H2,1-4H3. The van der Waals surface area contributed by atoms with Gasteiger partial charge in [-0.3, -0.25) is 4.57 Å². The maximum Gasteiger partial charge on any atom is 0.237 e. The van der Waals surface area contributed by atoms with Crippen LogP contribution in [0, 0.1) is 12.3 Å². The number of nitrogens with zero attached hydrogens (tertiary/aromatic N) is 3. The van der Waals surface area contributed by atoms with Crippen molar-refractivity contribution in [3.8, 4) is 17.1 Å². The maximum atomic E-state index is 6.53. The highest BCUT2D eigenvalue weighted by Crippen LogP contribution is 2.35. The summed E-state index contributed by atoms with van der Waals surface area (Å²) in [5.41, 5.74) is 3.32. The Morgan fingerprint density at radius 3 is 2.27 bits per heavy atom. The van der Waals surface area contributed by atoms with E-state index in [-0.39, 0.29) is 11.5 Å². The number of aromatic nitrogens is 2. The highest BCUT2D eigenvalue weighted by molar-refractivity contribution is 6.36. The van der Waals surface area contributed by atoms with Crippen LogP contribution in [0.2, 0.25) is 15.1 Å². The molecule has 1 aliphatic heterocycles. The molecule has 2 heterocycles. The van der Waals surface area contributed by atoms with Gasteiger partial charge in [0.2, 0.25) is 5.90 Å². The molecule has 0 aliphatic carbocycles. The number of aliphatic imine (C=N–C) groups is 1. The van der Waals surface area contributed by atoms with Crippen LogP contribution in [0.3, 0.4) is 0 Å². The number of hydrogen-bond acceptors (Lipinski definition) is 3. The quantitative estimate of drug-likeness (QED) is 0.420. The van der Waals surface area contributed by atoms with Crippen LogP contribution in [0.25, 0.3) is 17.1 Å². The molecule has 1 atom stereocenters. The highest BCUT2D eigenvalue weighted by Gasteiger charge is 2.33. The Hall–Kier alpha value is -2.01. The molecule has 4 nitrogen and oxygen atoms in total. The van der Waals surface area contributed by atoms with E-state index in [1.54, 1.807) is 12.1 Å². The van der Waals surface area contributed by atoms with Crippen LogP contribution in [0.15, 0.2) is 47.5 Å².